The molecule has 0 N–H and O–H groups in total. The Labute approximate surface area is 137 Å². The lowest BCUT2D eigenvalue weighted by Crippen LogP contribution is -2.21. The molecular weight excluding hydrogens is 407 g/mol. The van der Waals surface area contributed by atoms with Gasteiger partial charge in [0.15, 0.2) is 11.6 Å². The van der Waals surface area contributed by atoms with Crippen LogP contribution >= 0.6 is 43.5 Å². The van der Waals surface area contributed by atoms with Crippen molar-refractivity contribution in [3.63, 3.8) is 0 Å². The number of ketones is 2. The molecule has 2 aromatic carbocycles. The van der Waals surface area contributed by atoms with Crippen LogP contribution in [0.2, 0.25) is 5.02 Å². The highest BCUT2D eigenvalue weighted by Gasteiger charge is 2.32. The van der Waals surface area contributed by atoms with Crippen LogP contribution in [0.25, 0.3) is 0 Å². The van der Waals surface area contributed by atoms with Gasteiger partial charge in [0.2, 0.25) is 0 Å². The molecule has 0 fully saturated rings. The van der Waals surface area contributed by atoms with Crippen molar-refractivity contribution >= 4 is 55.0 Å². The van der Waals surface area contributed by atoms with E-state index in [1.807, 2.05) is 0 Å². The highest BCUT2D eigenvalue weighted by atomic mass is 79.9. The predicted molar refractivity (Wildman–Crippen MR) is 85.4 cm³/mol. The lowest BCUT2D eigenvalue weighted by atomic mass is 9.83. The maximum absolute atomic E-state index is 12.6. The van der Waals surface area contributed by atoms with Crippen LogP contribution < -0.4 is 0 Å². The molecule has 0 amide bonds. The Bertz CT molecular complexity index is 754. The molecule has 0 radical (unpaired) electrons. The van der Waals surface area contributed by atoms with E-state index in [1.165, 1.54) is 0 Å². The average Bonchev–Trinajstić information content (AvgIpc) is 2.44. The predicted octanol–water partition coefficient (Wildman–Crippen LogP) is 4.90. The fourth-order valence-corrected chi connectivity index (χ4v) is 3.72. The van der Waals surface area contributed by atoms with E-state index in [2.05, 4.69) is 31.9 Å². The highest BCUT2D eigenvalue weighted by molar-refractivity contribution is 9.24. The van der Waals surface area contributed by atoms with Gasteiger partial charge in [-0.2, -0.15) is 0 Å². The maximum atomic E-state index is 12.6. The molecule has 2 aromatic rings. The van der Waals surface area contributed by atoms with Crippen LogP contribution in [0.15, 0.2) is 36.4 Å². The Hall–Kier alpha value is -0.970. The van der Waals surface area contributed by atoms with Gasteiger partial charge in [-0.25, -0.2) is 0 Å². The van der Waals surface area contributed by atoms with E-state index in [0.29, 0.717) is 21.7 Å². The van der Waals surface area contributed by atoms with Gasteiger partial charge >= 0.3 is 0 Å². The van der Waals surface area contributed by atoms with Gasteiger partial charge < -0.3 is 0 Å². The van der Waals surface area contributed by atoms with Crippen molar-refractivity contribution in [2.45, 2.75) is 3.74 Å². The summed E-state index contributed by atoms with van der Waals surface area (Å²) in [5, 5.41) is 0.314. The Morgan fingerprint density at radius 2 is 1.45 bits per heavy atom. The van der Waals surface area contributed by atoms with E-state index < -0.39 is 0 Å². The molecule has 0 atom stereocenters. The molecule has 2 nitrogen and oxygen atoms in total. The summed E-state index contributed by atoms with van der Waals surface area (Å²) in [7, 11) is 0. The average molecular weight is 414 g/mol. The van der Waals surface area contributed by atoms with E-state index in [4.69, 9.17) is 11.6 Å². The maximum Gasteiger partial charge on any atom is 0.196 e. The number of hydrogen-bond donors (Lipinski definition) is 0. The number of carbonyl (C=O) groups excluding carboxylic acids is 2. The molecule has 100 valence electrons. The normalized spacial score (nSPS) is 13.4. The molecule has 0 aromatic heterocycles. The van der Waals surface area contributed by atoms with Gasteiger partial charge in [0.05, 0.1) is 14.3 Å². The molecule has 1 aliphatic carbocycles. The van der Waals surface area contributed by atoms with Gasteiger partial charge in [-0.15, -0.1) is 0 Å². The van der Waals surface area contributed by atoms with Gasteiger partial charge in [-0.1, -0.05) is 73.8 Å². The second-order valence-electron chi connectivity index (χ2n) is 4.40. The van der Waals surface area contributed by atoms with Gasteiger partial charge in [0.1, 0.15) is 0 Å². The van der Waals surface area contributed by atoms with E-state index in [1.54, 1.807) is 36.4 Å². The molecule has 0 spiro atoms. The first-order chi connectivity index (χ1) is 9.52. The molecule has 0 aliphatic heterocycles. The highest BCUT2D eigenvalue weighted by Crippen LogP contribution is 2.40. The molecule has 0 saturated heterocycles. The largest absolute Gasteiger partial charge is 0.289 e. The van der Waals surface area contributed by atoms with Crippen LogP contribution in [-0.4, -0.2) is 11.6 Å². The van der Waals surface area contributed by atoms with Crippen molar-refractivity contribution in [3.05, 3.63) is 69.2 Å². The summed E-state index contributed by atoms with van der Waals surface area (Å²) in [5.41, 5.74) is 2.22. The fraction of sp³-hybridized carbons (Fsp3) is 0.0667. The van der Waals surface area contributed by atoms with Gasteiger partial charge in [0, 0.05) is 16.7 Å². The Morgan fingerprint density at radius 3 is 2.05 bits per heavy atom. The van der Waals surface area contributed by atoms with Crippen LogP contribution in [-0.2, 0) is 0 Å². The van der Waals surface area contributed by atoms with Gasteiger partial charge in [-0.3, -0.25) is 9.59 Å². The first-order valence-electron chi connectivity index (χ1n) is 5.81. The quantitative estimate of drug-likeness (QED) is 0.531. The van der Waals surface area contributed by atoms with Crippen LogP contribution in [0.3, 0.4) is 0 Å². The summed E-state index contributed by atoms with van der Waals surface area (Å²) in [5.74, 6) is -0.368. The molecule has 0 bridgehead atoms. The monoisotopic (exact) mass is 412 g/mol. The number of rotatable bonds is 1. The van der Waals surface area contributed by atoms with Gasteiger partial charge in [-0.05, 0) is 11.6 Å². The third-order valence-electron chi connectivity index (χ3n) is 3.29. The van der Waals surface area contributed by atoms with Crippen LogP contribution in [0.1, 0.15) is 41.1 Å². The van der Waals surface area contributed by atoms with E-state index >= 15 is 0 Å². The van der Waals surface area contributed by atoms with Crippen molar-refractivity contribution in [2.75, 3.05) is 0 Å². The lowest BCUT2D eigenvalue weighted by molar-refractivity contribution is 0.0979. The fourth-order valence-electron chi connectivity index (χ4n) is 2.33. The number of fused-ring (bicyclic) bond motifs is 2. The lowest BCUT2D eigenvalue weighted by Gasteiger charge is -2.20. The number of alkyl halides is 2. The van der Waals surface area contributed by atoms with Crippen molar-refractivity contribution < 1.29 is 9.59 Å². The minimum Gasteiger partial charge on any atom is -0.289 e. The van der Waals surface area contributed by atoms with Crippen molar-refractivity contribution in [1.82, 2.24) is 0 Å². The third kappa shape index (κ3) is 1.98. The summed E-state index contributed by atoms with van der Waals surface area (Å²) in [6, 6.07) is 10.2. The molecule has 0 saturated carbocycles. The van der Waals surface area contributed by atoms with E-state index in [9.17, 15) is 9.59 Å². The molecule has 0 unspecified atom stereocenters. The SMILES string of the molecule is O=C1c2ccccc2C(=O)c2c1ccc(C(Br)Br)c2Cl. The summed E-state index contributed by atoms with van der Waals surface area (Å²) in [4.78, 5) is 25.0. The number of carbonyl (C=O) groups is 2. The van der Waals surface area contributed by atoms with Crippen molar-refractivity contribution in [2.24, 2.45) is 0 Å². The summed E-state index contributed by atoms with van der Waals surface area (Å²) >= 11 is 13.0. The summed E-state index contributed by atoms with van der Waals surface area (Å²) in [6.45, 7) is 0. The summed E-state index contributed by atoms with van der Waals surface area (Å²) < 4.78 is -0.173. The molecule has 20 heavy (non-hydrogen) atoms. The topological polar surface area (TPSA) is 34.1 Å². The van der Waals surface area contributed by atoms with Crippen molar-refractivity contribution in [1.29, 1.82) is 0 Å². The minimum absolute atomic E-state index is 0.163. The van der Waals surface area contributed by atoms with E-state index in [0.717, 1.165) is 5.56 Å². The molecule has 5 heteroatoms. The molecule has 3 rings (SSSR count). The van der Waals surface area contributed by atoms with Crippen LogP contribution in [0, 0.1) is 0 Å². The second-order valence-corrected chi connectivity index (χ2v) is 7.83. The summed E-state index contributed by atoms with van der Waals surface area (Å²) in [6.07, 6.45) is 0. The molecule has 0 heterocycles. The van der Waals surface area contributed by atoms with Gasteiger partial charge in [0.25, 0.3) is 0 Å². The first-order valence-corrected chi connectivity index (χ1v) is 8.02. The standard InChI is InChI=1S/C15H7Br2ClO2/c16-15(17)10-6-5-9-11(12(10)18)14(20)8-4-2-1-3-7(8)13(9)19/h1-6,15H. The number of benzene rings is 2. The number of hydrogen-bond acceptors (Lipinski definition) is 2. The number of halogens is 3. The Morgan fingerprint density at radius 1 is 0.850 bits per heavy atom. The Kier molecular flexibility index (Phi) is 3.56. The zero-order valence-corrected chi connectivity index (χ0v) is 13.9. The first kappa shape index (κ1) is 14.0. The van der Waals surface area contributed by atoms with E-state index in [-0.39, 0.29) is 20.9 Å². The molecule has 1 aliphatic rings. The zero-order valence-electron chi connectivity index (χ0n) is 9.99. The second kappa shape index (κ2) is 5.10. The zero-order chi connectivity index (χ0) is 14.4. The molecular formula is C15H7Br2ClO2. The third-order valence-corrected chi connectivity index (χ3v) is 4.69. The Balaban J connectivity index is 2.31. The van der Waals surface area contributed by atoms with Crippen LogP contribution in [0.5, 0.6) is 0 Å². The minimum atomic E-state index is -0.206. The van der Waals surface area contributed by atoms with Crippen molar-refractivity contribution in [3.8, 4) is 0 Å². The smallest absolute Gasteiger partial charge is 0.196 e. The van der Waals surface area contributed by atoms with Crippen LogP contribution in [0.4, 0.5) is 0 Å².